The van der Waals surface area contributed by atoms with Gasteiger partial charge in [-0.05, 0) is 19.1 Å². The summed E-state index contributed by atoms with van der Waals surface area (Å²) in [6.07, 6.45) is 0. The van der Waals surface area contributed by atoms with Crippen molar-refractivity contribution >= 4 is 27.3 Å². The SMILES string of the molecule is CCOCCNc1cc(Br)ccc1[N+](=O)[O-]. The summed E-state index contributed by atoms with van der Waals surface area (Å²) < 4.78 is 5.94. The summed E-state index contributed by atoms with van der Waals surface area (Å²) in [6, 6.07) is 4.79. The number of ether oxygens (including phenoxy) is 1. The Balaban J connectivity index is 2.68. The van der Waals surface area contributed by atoms with Crippen LogP contribution in [-0.2, 0) is 4.74 Å². The number of nitro benzene ring substituents is 1. The van der Waals surface area contributed by atoms with Gasteiger partial charge in [0.05, 0.1) is 11.5 Å². The summed E-state index contributed by atoms with van der Waals surface area (Å²) in [6.45, 7) is 3.62. The van der Waals surface area contributed by atoms with Crippen LogP contribution in [0.25, 0.3) is 0 Å². The molecule has 0 saturated heterocycles. The number of nitrogens with zero attached hydrogens (tertiary/aromatic N) is 1. The summed E-state index contributed by atoms with van der Waals surface area (Å²) >= 11 is 3.27. The Morgan fingerprint density at radius 1 is 1.56 bits per heavy atom. The van der Waals surface area contributed by atoms with Gasteiger partial charge in [-0.1, -0.05) is 15.9 Å². The second-order valence-corrected chi connectivity index (χ2v) is 3.96. The fraction of sp³-hybridized carbons (Fsp3) is 0.400. The Morgan fingerprint density at radius 2 is 2.31 bits per heavy atom. The Labute approximate surface area is 102 Å². The van der Waals surface area contributed by atoms with Gasteiger partial charge in [-0.2, -0.15) is 0 Å². The molecule has 0 fully saturated rings. The second kappa shape index (κ2) is 6.44. The van der Waals surface area contributed by atoms with Gasteiger partial charge in [-0.25, -0.2) is 0 Å². The van der Waals surface area contributed by atoms with Crippen molar-refractivity contribution in [1.29, 1.82) is 0 Å². The predicted molar refractivity (Wildman–Crippen MR) is 65.8 cm³/mol. The molecule has 1 aromatic carbocycles. The minimum absolute atomic E-state index is 0.0692. The van der Waals surface area contributed by atoms with Crippen LogP contribution >= 0.6 is 15.9 Å². The quantitative estimate of drug-likeness (QED) is 0.497. The molecule has 0 aromatic heterocycles. The summed E-state index contributed by atoms with van der Waals surface area (Å²) in [5.41, 5.74) is 0.568. The van der Waals surface area contributed by atoms with Gasteiger partial charge in [0.1, 0.15) is 5.69 Å². The zero-order valence-electron chi connectivity index (χ0n) is 8.90. The van der Waals surface area contributed by atoms with E-state index in [4.69, 9.17) is 4.74 Å². The fourth-order valence-electron chi connectivity index (χ4n) is 1.21. The fourth-order valence-corrected chi connectivity index (χ4v) is 1.57. The van der Waals surface area contributed by atoms with Gasteiger partial charge in [0.2, 0.25) is 0 Å². The molecule has 0 bridgehead atoms. The first-order valence-electron chi connectivity index (χ1n) is 4.90. The first-order chi connectivity index (χ1) is 7.65. The van der Waals surface area contributed by atoms with E-state index in [9.17, 15) is 10.1 Å². The maximum Gasteiger partial charge on any atom is 0.292 e. The van der Waals surface area contributed by atoms with Gasteiger partial charge in [0.15, 0.2) is 0 Å². The Bertz CT molecular complexity index is 371. The van der Waals surface area contributed by atoms with Gasteiger partial charge in [0, 0.05) is 23.7 Å². The van der Waals surface area contributed by atoms with Crippen molar-refractivity contribution in [2.75, 3.05) is 25.1 Å². The highest BCUT2D eigenvalue weighted by Crippen LogP contribution is 2.27. The molecule has 6 heteroatoms. The van der Waals surface area contributed by atoms with Crippen LogP contribution in [0, 0.1) is 10.1 Å². The molecule has 1 rings (SSSR count). The van der Waals surface area contributed by atoms with Gasteiger partial charge in [-0.15, -0.1) is 0 Å². The van der Waals surface area contributed by atoms with Crippen molar-refractivity contribution < 1.29 is 9.66 Å². The molecule has 0 aliphatic rings. The van der Waals surface area contributed by atoms with E-state index in [0.29, 0.717) is 25.4 Å². The lowest BCUT2D eigenvalue weighted by molar-refractivity contribution is -0.384. The van der Waals surface area contributed by atoms with Gasteiger partial charge < -0.3 is 10.1 Å². The van der Waals surface area contributed by atoms with Gasteiger partial charge in [-0.3, -0.25) is 10.1 Å². The highest BCUT2D eigenvalue weighted by Gasteiger charge is 2.12. The topological polar surface area (TPSA) is 64.4 Å². The third-order valence-electron chi connectivity index (χ3n) is 1.92. The van der Waals surface area contributed by atoms with Crippen LogP contribution < -0.4 is 5.32 Å². The first-order valence-corrected chi connectivity index (χ1v) is 5.70. The number of hydrogen-bond donors (Lipinski definition) is 1. The molecule has 0 aliphatic heterocycles. The zero-order valence-corrected chi connectivity index (χ0v) is 10.5. The van der Waals surface area contributed by atoms with E-state index >= 15 is 0 Å². The lowest BCUT2D eigenvalue weighted by Crippen LogP contribution is -2.10. The molecule has 88 valence electrons. The molecule has 0 heterocycles. The van der Waals surface area contributed by atoms with E-state index in [1.54, 1.807) is 12.1 Å². The Hall–Kier alpha value is -1.14. The number of nitrogens with one attached hydrogen (secondary N) is 1. The van der Waals surface area contributed by atoms with Gasteiger partial charge >= 0.3 is 0 Å². The third kappa shape index (κ3) is 3.79. The molecule has 5 nitrogen and oxygen atoms in total. The van der Waals surface area contributed by atoms with Gasteiger partial charge in [0.25, 0.3) is 5.69 Å². The molecule has 0 aliphatic carbocycles. The van der Waals surface area contributed by atoms with Crippen LogP contribution in [-0.4, -0.2) is 24.7 Å². The minimum atomic E-state index is -0.407. The smallest absolute Gasteiger partial charge is 0.292 e. The molecule has 1 N–H and O–H groups in total. The van der Waals surface area contributed by atoms with Crippen LogP contribution in [0.15, 0.2) is 22.7 Å². The second-order valence-electron chi connectivity index (χ2n) is 3.04. The van der Waals surface area contributed by atoms with Crippen LogP contribution in [0.4, 0.5) is 11.4 Å². The Morgan fingerprint density at radius 3 is 2.94 bits per heavy atom. The van der Waals surface area contributed by atoms with Crippen LogP contribution in [0.5, 0.6) is 0 Å². The summed E-state index contributed by atoms with van der Waals surface area (Å²) in [5.74, 6) is 0. The number of halogens is 1. The number of benzene rings is 1. The van der Waals surface area contributed by atoms with Crippen LogP contribution in [0.3, 0.4) is 0 Å². The highest BCUT2D eigenvalue weighted by molar-refractivity contribution is 9.10. The molecule has 0 atom stereocenters. The number of hydrogen-bond acceptors (Lipinski definition) is 4. The monoisotopic (exact) mass is 288 g/mol. The Kier molecular flexibility index (Phi) is 5.21. The van der Waals surface area contributed by atoms with E-state index in [0.717, 1.165) is 4.47 Å². The lowest BCUT2D eigenvalue weighted by atomic mass is 10.2. The third-order valence-corrected chi connectivity index (χ3v) is 2.41. The van der Waals surface area contributed by atoms with Crippen molar-refractivity contribution in [1.82, 2.24) is 0 Å². The van der Waals surface area contributed by atoms with E-state index in [1.807, 2.05) is 6.92 Å². The molecule has 0 radical (unpaired) electrons. The van der Waals surface area contributed by atoms with E-state index in [-0.39, 0.29) is 5.69 Å². The summed E-state index contributed by atoms with van der Waals surface area (Å²) in [5, 5.41) is 13.7. The number of anilines is 1. The molecule has 16 heavy (non-hydrogen) atoms. The average Bonchev–Trinajstić information content (AvgIpc) is 2.24. The molecular weight excluding hydrogens is 276 g/mol. The number of nitro groups is 1. The minimum Gasteiger partial charge on any atom is -0.380 e. The molecule has 0 spiro atoms. The largest absolute Gasteiger partial charge is 0.380 e. The van der Waals surface area contributed by atoms with Crippen molar-refractivity contribution in [2.24, 2.45) is 0 Å². The maximum absolute atomic E-state index is 10.7. The van der Waals surface area contributed by atoms with E-state index < -0.39 is 4.92 Å². The predicted octanol–water partition coefficient (Wildman–Crippen LogP) is 2.81. The number of rotatable bonds is 6. The van der Waals surface area contributed by atoms with Crippen LogP contribution in [0.1, 0.15) is 6.92 Å². The molecular formula is C10H13BrN2O3. The van der Waals surface area contributed by atoms with Crippen LogP contribution in [0.2, 0.25) is 0 Å². The van der Waals surface area contributed by atoms with E-state index in [2.05, 4.69) is 21.2 Å². The van der Waals surface area contributed by atoms with Crippen molar-refractivity contribution in [3.8, 4) is 0 Å². The molecule has 0 saturated carbocycles. The highest BCUT2D eigenvalue weighted by atomic mass is 79.9. The van der Waals surface area contributed by atoms with Crippen molar-refractivity contribution in [2.45, 2.75) is 6.92 Å². The average molecular weight is 289 g/mol. The molecule has 1 aromatic rings. The standard InChI is InChI=1S/C10H13BrN2O3/c1-2-16-6-5-12-9-7-8(11)3-4-10(9)13(14)15/h3-4,7,12H,2,5-6H2,1H3. The lowest BCUT2D eigenvalue weighted by Gasteiger charge is -2.07. The summed E-state index contributed by atoms with van der Waals surface area (Å²) in [4.78, 5) is 10.3. The molecule has 0 amide bonds. The molecule has 0 unspecified atom stereocenters. The zero-order chi connectivity index (χ0) is 12.0. The normalized spacial score (nSPS) is 10.1. The van der Waals surface area contributed by atoms with Crippen molar-refractivity contribution in [3.05, 3.63) is 32.8 Å². The van der Waals surface area contributed by atoms with Crippen molar-refractivity contribution in [3.63, 3.8) is 0 Å². The maximum atomic E-state index is 10.7. The van der Waals surface area contributed by atoms with E-state index in [1.165, 1.54) is 6.07 Å². The summed E-state index contributed by atoms with van der Waals surface area (Å²) in [7, 11) is 0. The first kappa shape index (κ1) is 12.9.